The summed E-state index contributed by atoms with van der Waals surface area (Å²) in [5.74, 6) is 6.29. The molecule has 0 radical (unpaired) electrons. The van der Waals surface area contributed by atoms with Gasteiger partial charge in [0.15, 0.2) is 0 Å². The first kappa shape index (κ1) is 14.0. The van der Waals surface area contributed by atoms with Crippen LogP contribution in [-0.4, -0.2) is 6.61 Å². The topological polar surface area (TPSA) is 47.3 Å². The van der Waals surface area contributed by atoms with E-state index in [2.05, 4.69) is 11.5 Å². The third-order valence-electron chi connectivity index (χ3n) is 3.91. The van der Waals surface area contributed by atoms with E-state index in [9.17, 15) is 4.39 Å². The van der Waals surface area contributed by atoms with Crippen LogP contribution in [0.4, 0.5) is 4.39 Å². The Balaban J connectivity index is 2.08. The Morgan fingerprint density at radius 3 is 2.86 bits per heavy atom. The van der Waals surface area contributed by atoms with Crippen LogP contribution in [0.15, 0.2) is 36.4 Å². The Kier molecular flexibility index (Phi) is 3.90. The maximum absolute atomic E-state index is 14.3. The number of benzene rings is 2. The quantitative estimate of drug-likeness (QED) is 0.673. The van der Waals surface area contributed by atoms with Crippen molar-refractivity contribution < 1.29 is 9.13 Å². The summed E-state index contributed by atoms with van der Waals surface area (Å²) >= 11 is 0. The second-order valence-electron chi connectivity index (χ2n) is 5.41. The van der Waals surface area contributed by atoms with Gasteiger partial charge in [-0.3, -0.25) is 5.84 Å². The fraction of sp³-hybridized carbons (Fsp3) is 0.294. The molecular formula is C17H19FN2O. The van der Waals surface area contributed by atoms with Gasteiger partial charge in [0.05, 0.1) is 12.6 Å². The van der Waals surface area contributed by atoms with Gasteiger partial charge < -0.3 is 4.74 Å². The molecule has 1 aliphatic heterocycles. The zero-order valence-corrected chi connectivity index (χ0v) is 12.0. The number of nitrogens with one attached hydrogen (secondary N) is 1. The molecular weight excluding hydrogens is 267 g/mol. The number of hydrogen-bond donors (Lipinski definition) is 2. The normalized spacial score (nSPS) is 15.2. The van der Waals surface area contributed by atoms with Crippen LogP contribution in [0.2, 0.25) is 0 Å². The summed E-state index contributed by atoms with van der Waals surface area (Å²) in [6, 6.07) is 10.7. The molecule has 2 aromatic carbocycles. The van der Waals surface area contributed by atoms with Crippen LogP contribution in [0.25, 0.3) is 0 Å². The van der Waals surface area contributed by atoms with Crippen molar-refractivity contribution in [3.8, 4) is 5.75 Å². The molecule has 1 atom stereocenters. The first-order valence-corrected chi connectivity index (χ1v) is 7.17. The Morgan fingerprint density at radius 1 is 1.24 bits per heavy atom. The molecule has 0 spiro atoms. The number of fused-ring (bicyclic) bond motifs is 1. The number of halogens is 1. The SMILES string of the molecule is Cc1ccc(C(NN)c2cccc3c2OCCC3)c(F)c1. The minimum Gasteiger partial charge on any atom is -0.493 e. The first-order chi connectivity index (χ1) is 10.2. The van der Waals surface area contributed by atoms with Crippen molar-refractivity contribution in [1.82, 2.24) is 5.43 Å². The maximum atomic E-state index is 14.3. The van der Waals surface area contributed by atoms with Gasteiger partial charge in [0.25, 0.3) is 0 Å². The van der Waals surface area contributed by atoms with Crippen LogP contribution >= 0.6 is 0 Å². The van der Waals surface area contributed by atoms with Gasteiger partial charge in [0.1, 0.15) is 11.6 Å². The van der Waals surface area contributed by atoms with Gasteiger partial charge in [0.2, 0.25) is 0 Å². The fourth-order valence-electron chi connectivity index (χ4n) is 2.86. The highest BCUT2D eigenvalue weighted by Crippen LogP contribution is 2.36. The van der Waals surface area contributed by atoms with Crippen molar-refractivity contribution in [3.05, 3.63) is 64.5 Å². The van der Waals surface area contributed by atoms with Crippen molar-refractivity contribution in [2.75, 3.05) is 6.61 Å². The molecule has 2 aromatic rings. The van der Waals surface area contributed by atoms with E-state index in [4.69, 9.17) is 10.6 Å². The first-order valence-electron chi connectivity index (χ1n) is 7.17. The van der Waals surface area contributed by atoms with Gasteiger partial charge in [-0.05, 0) is 37.0 Å². The molecule has 0 saturated heterocycles. The number of hydrogen-bond acceptors (Lipinski definition) is 3. The zero-order valence-electron chi connectivity index (χ0n) is 12.0. The highest BCUT2D eigenvalue weighted by Gasteiger charge is 2.23. The molecule has 0 aromatic heterocycles. The second-order valence-corrected chi connectivity index (χ2v) is 5.41. The van der Waals surface area contributed by atoms with Gasteiger partial charge >= 0.3 is 0 Å². The molecule has 1 aliphatic rings. The average Bonchev–Trinajstić information content (AvgIpc) is 2.50. The molecule has 21 heavy (non-hydrogen) atoms. The lowest BCUT2D eigenvalue weighted by Crippen LogP contribution is -2.30. The highest BCUT2D eigenvalue weighted by molar-refractivity contribution is 5.48. The predicted octanol–water partition coefficient (Wildman–Crippen LogP) is 3.01. The predicted molar refractivity (Wildman–Crippen MR) is 80.6 cm³/mol. The van der Waals surface area contributed by atoms with E-state index in [0.717, 1.165) is 35.3 Å². The summed E-state index contributed by atoms with van der Waals surface area (Å²) in [7, 11) is 0. The number of nitrogens with two attached hydrogens (primary N) is 1. The minimum absolute atomic E-state index is 0.258. The fourth-order valence-corrected chi connectivity index (χ4v) is 2.86. The Bertz CT molecular complexity index is 657. The summed E-state index contributed by atoms with van der Waals surface area (Å²) in [6.07, 6.45) is 1.99. The van der Waals surface area contributed by atoms with E-state index in [1.807, 2.05) is 25.1 Å². The van der Waals surface area contributed by atoms with E-state index < -0.39 is 6.04 Å². The molecule has 4 heteroatoms. The Hall–Kier alpha value is -1.91. The van der Waals surface area contributed by atoms with E-state index in [-0.39, 0.29) is 5.82 Å². The summed E-state index contributed by atoms with van der Waals surface area (Å²) < 4.78 is 20.1. The van der Waals surface area contributed by atoms with E-state index >= 15 is 0 Å². The number of para-hydroxylation sites is 1. The van der Waals surface area contributed by atoms with Crippen LogP contribution in [0.5, 0.6) is 5.75 Å². The Labute approximate surface area is 123 Å². The summed E-state index contributed by atoms with van der Waals surface area (Å²) in [6.45, 7) is 2.56. The Morgan fingerprint density at radius 2 is 2.10 bits per heavy atom. The second kappa shape index (κ2) is 5.84. The van der Waals surface area contributed by atoms with Crippen LogP contribution in [0.3, 0.4) is 0 Å². The van der Waals surface area contributed by atoms with Gasteiger partial charge in [-0.1, -0.05) is 30.3 Å². The molecule has 110 valence electrons. The summed E-state index contributed by atoms with van der Waals surface area (Å²) in [5.41, 5.74) is 6.19. The monoisotopic (exact) mass is 286 g/mol. The summed E-state index contributed by atoms with van der Waals surface area (Å²) in [4.78, 5) is 0. The van der Waals surface area contributed by atoms with E-state index in [1.54, 1.807) is 6.07 Å². The van der Waals surface area contributed by atoms with Gasteiger partial charge in [0, 0.05) is 11.1 Å². The summed E-state index contributed by atoms with van der Waals surface area (Å²) in [5, 5.41) is 0. The molecule has 0 aliphatic carbocycles. The molecule has 0 fully saturated rings. The van der Waals surface area contributed by atoms with Crippen LogP contribution in [-0.2, 0) is 6.42 Å². The molecule has 3 rings (SSSR count). The van der Waals surface area contributed by atoms with Crippen LogP contribution in [0.1, 0.15) is 34.7 Å². The zero-order chi connectivity index (χ0) is 14.8. The molecule has 0 saturated carbocycles. The maximum Gasteiger partial charge on any atom is 0.128 e. The van der Waals surface area contributed by atoms with Crippen LogP contribution < -0.4 is 16.0 Å². The molecule has 1 unspecified atom stereocenters. The molecule has 1 heterocycles. The third-order valence-corrected chi connectivity index (χ3v) is 3.91. The van der Waals surface area contributed by atoms with Crippen molar-refractivity contribution >= 4 is 0 Å². The van der Waals surface area contributed by atoms with Gasteiger partial charge in [-0.25, -0.2) is 9.82 Å². The number of aryl methyl sites for hydroxylation is 2. The van der Waals surface area contributed by atoms with Crippen molar-refractivity contribution in [2.45, 2.75) is 25.8 Å². The average molecular weight is 286 g/mol. The van der Waals surface area contributed by atoms with Crippen molar-refractivity contribution in [1.29, 1.82) is 0 Å². The van der Waals surface area contributed by atoms with Crippen LogP contribution in [0, 0.1) is 12.7 Å². The van der Waals surface area contributed by atoms with Gasteiger partial charge in [-0.2, -0.15) is 0 Å². The molecule has 0 amide bonds. The third kappa shape index (κ3) is 2.64. The van der Waals surface area contributed by atoms with E-state index in [0.29, 0.717) is 12.2 Å². The molecule has 3 N–H and O–H groups in total. The lowest BCUT2D eigenvalue weighted by atomic mass is 9.93. The van der Waals surface area contributed by atoms with E-state index in [1.165, 1.54) is 6.07 Å². The number of rotatable bonds is 3. The largest absolute Gasteiger partial charge is 0.493 e. The molecule has 0 bridgehead atoms. The number of ether oxygens (including phenoxy) is 1. The lowest BCUT2D eigenvalue weighted by Gasteiger charge is -2.25. The lowest BCUT2D eigenvalue weighted by molar-refractivity contribution is 0.283. The number of hydrazine groups is 1. The minimum atomic E-state index is -0.418. The van der Waals surface area contributed by atoms with Gasteiger partial charge in [-0.15, -0.1) is 0 Å². The highest BCUT2D eigenvalue weighted by atomic mass is 19.1. The van der Waals surface area contributed by atoms with Crippen molar-refractivity contribution in [2.24, 2.45) is 5.84 Å². The smallest absolute Gasteiger partial charge is 0.128 e. The standard InChI is InChI=1S/C17H19FN2O/c1-11-7-8-13(15(18)10-11)16(20-19)14-6-2-4-12-5-3-9-21-17(12)14/h2,4,6-8,10,16,20H,3,5,9,19H2,1H3. The van der Waals surface area contributed by atoms with Crippen molar-refractivity contribution in [3.63, 3.8) is 0 Å². The molecule has 3 nitrogen and oxygen atoms in total.